The first-order chi connectivity index (χ1) is 10.4. The van der Waals surface area contributed by atoms with Crippen LogP contribution in [0.5, 0.6) is 0 Å². The minimum Gasteiger partial charge on any atom is -0.350 e. The van der Waals surface area contributed by atoms with Crippen molar-refractivity contribution in [3.8, 4) is 0 Å². The number of anilines is 1. The van der Waals surface area contributed by atoms with Crippen molar-refractivity contribution in [1.29, 1.82) is 0 Å². The maximum absolute atomic E-state index is 12.1. The largest absolute Gasteiger partial charge is 0.350 e. The highest BCUT2D eigenvalue weighted by atomic mass is 32.2. The summed E-state index contributed by atoms with van der Waals surface area (Å²) >= 11 is 1.15. The molecule has 0 bridgehead atoms. The molecule has 1 aromatic heterocycles. The summed E-state index contributed by atoms with van der Waals surface area (Å²) in [5, 5.41) is 4.57. The molecule has 0 spiro atoms. The highest BCUT2D eigenvalue weighted by molar-refractivity contribution is 7.94. The van der Waals surface area contributed by atoms with E-state index in [9.17, 15) is 13.2 Å². The van der Waals surface area contributed by atoms with Crippen LogP contribution in [-0.2, 0) is 10.0 Å². The summed E-state index contributed by atoms with van der Waals surface area (Å²) in [4.78, 5) is 11.9. The number of rotatable bonds is 6. The van der Waals surface area contributed by atoms with Crippen LogP contribution in [0.3, 0.4) is 0 Å². The molecule has 1 unspecified atom stereocenters. The third kappa shape index (κ3) is 4.08. The van der Waals surface area contributed by atoms with E-state index >= 15 is 0 Å². The smallest absolute Gasteiger partial charge is 0.271 e. The van der Waals surface area contributed by atoms with Gasteiger partial charge < -0.3 is 5.32 Å². The number of hydrogen-bond donors (Lipinski definition) is 2. The van der Waals surface area contributed by atoms with Gasteiger partial charge in [0.15, 0.2) is 0 Å². The summed E-state index contributed by atoms with van der Waals surface area (Å²) in [6.45, 7) is 3.93. The Morgan fingerprint density at radius 2 is 1.91 bits per heavy atom. The molecule has 5 nitrogen and oxygen atoms in total. The molecule has 2 aromatic rings. The van der Waals surface area contributed by atoms with Crippen molar-refractivity contribution in [3.63, 3.8) is 0 Å². The Morgan fingerprint density at radius 1 is 1.23 bits per heavy atom. The van der Waals surface area contributed by atoms with Crippen molar-refractivity contribution in [2.75, 3.05) is 4.72 Å². The van der Waals surface area contributed by atoms with Crippen LogP contribution in [0.15, 0.2) is 46.0 Å². The Balaban J connectivity index is 2.08. The Bertz CT molecular complexity index is 723. The Hall–Kier alpha value is -1.86. The average Bonchev–Trinajstić information content (AvgIpc) is 3.02. The molecule has 1 heterocycles. The van der Waals surface area contributed by atoms with Gasteiger partial charge in [0.25, 0.3) is 15.9 Å². The van der Waals surface area contributed by atoms with Gasteiger partial charge >= 0.3 is 0 Å². The van der Waals surface area contributed by atoms with Crippen LogP contribution in [-0.4, -0.2) is 20.4 Å². The molecule has 0 radical (unpaired) electrons. The van der Waals surface area contributed by atoms with Crippen LogP contribution in [0.1, 0.15) is 30.6 Å². The van der Waals surface area contributed by atoms with Gasteiger partial charge in [-0.15, -0.1) is 11.3 Å². The normalized spacial score (nSPS) is 12.6. The molecule has 0 aliphatic heterocycles. The molecule has 0 aliphatic rings. The number of carbonyl (C=O) groups is 1. The SMILES string of the molecule is CCC(C)NC(=O)c1ccc(NS(=O)(=O)c2cccs2)cc1. The lowest BCUT2D eigenvalue weighted by Gasteiger charge is -2.12. The molecule has 0 fully saturated rings. The first-order valence-electron chi connectivity index (χ1n) is 6.89. The lowest BCUT2D eigenvalue weighted by Crippen LogP contribution is -2.31. The van der Waals surface area contributed by atoms with E-state index in [0.29, 0.717) is 11.3 Å². The second-order valence-corrected chi connectivity index (χ2v) is 7.75. The van der Waals surface area contributed by atoms with E-state index in [4.69, 9.17) is 0 Å². The van der Waals surface area contributed by atoms with Gasteiger partial charge in [-0.2, -0.15) is 0 Å². The van der Waals surface area contributed by atoms with E-state index in [2.05, 4.69) is 10.0 Å². The molecule has 2 N–H and O–H groups in total. The summed E-state index contributed by atoms with van der Waals surface area (Å²) < 4.78 is 26.9. The van der Waals surface area contributed by atoms with E-state index in [1.807, 2.05) is 13.8 Å². The van der Waals surface area contributed by atoms with Crippen molar-refractivity contribution >= 4 is 33.0 Å². The summed E-state index contributed by atoms with van der Waals surface area (Å²) in [5.74, 6) is -0.165. The van der Waals surface area contributed by atoms with Crippen molar-refractivity contribution in [1.82, 2.24) is 5.32 Å². The molecule has 22 heavy (non-hydrogen) atoms. The zero-order valence-electron chi connectivity index (χ0n) is 12.4. The Labute approximate surface area is 134 Å². The van der Waals surface area contributed by atoms with Crippen molar-refractivity contribution in [2.45, 2.75) is 30.5 Å². The van der Waals surface area contributed by atoms with Crippen molar-refractivity contribution < 1.29 is 13.2 Å². The number of thiophene rings is 1. The van der Waals surface area contributed by atoms with Gasteiger partial charge in [-0.05, 0) is 49.1 Å². The number of benzene rings is 1. The number of hydrogen-bond acceptors (Lipinski definition) is 4. The first-order valence-corrected chi connectivity index (χ1v) is 9.26. The monoisotopic (exact) mass is 338 g/mol. The Kier molecular flexibility index (Phi) is 5.20. The number of carbonyl (C=O) groups excluding carboxylic acids is 1. The van der Waals surface area contributed by atoms with E-state index in [0.717, 1.165) is 17.8 Å². The second-order valence-electron chi connectivity index (χ2n) is 4.90. The molecular formula is C15H18N2O3S2. The van der Waals surface area contributed by atoms with Gasteiger partial charge in [0, 0.05) is 17.3 Å². The van der Waals surface area contributed by atoms with E-state index in [1.165, 1.54) is 0 Å². The van der Waals surface area contributed by atoms with Gasteiger partial charge in [0.2, 0.25) is 0 Å². The van der Waals surface area contributed by atoms with Gasteiger partial charge in [0.05, 0.1) is 0 Å². The minimum absolute atomic E-state index is 0.101. The molecule has 7 heteroatoms. The number of amides is 1. The average molecular weight is 338 g/mol. The predicted octanol–water partition coefficient (Wildman–Crippen LogP) is 3.08. The zero-order valence-corrected chi connectivity index (χ0v) is 14.0. The van der Waals surface area contributed by atoms with Crippen LogP contribution in [0.2, 0.25) is 0 Å². The van der Waals surface area contributed by atoms with Gasteiger partial charge in [0.1, 0.15) is 4.21 Å². The summed E-state index contributed by atoms with van der Waals surface area (Å²) in [6, 6.07) is 9.69. The van der Waals surface area contributed by atoms with Crippen molar-refractivity contribution in [2.24, 2.45) is 0 Å². The molecular weight excluding hydrogens is 320 g/mol. The van der Waals surface area contributed by atoms with Crippen LogP contribution in [0, 0.1) is 0 Å². The number of sulfonamides is 1. The molecule has 1 atom stereocenters. The maximum Gasteiger partial charge on any atom is 0.271 e. The van der Waals surface area contributed by atoms with Crippen LogP contribution in [0.25, 0.3) is 0 Å². The highest BCUT2D eigenvalue weighted by Crippen LogP contribution is 2.20. The standard InChI is InChI=1S/C15H18N2O3S2/c1-3-11(2)16-15(18)12-6-8-13(9-7-12)17-22(19,20)14-5-4-10-21-14/h4-11,17H,3H2,1-2H3,(H,16,18). The van der Waals surface area contributed by atoms with Crippen LogP contribution in [0.4, 0.5) is 5.69 Å². The summed E-state index contributed by atoms with van der Waals surface area (Å²) in [6.07, 6.45) is 0.852. The maximum atomic E-state index is 12.1. The zero-order chi connectivity index (χ0) is 16.2. The fraction of sp³-hybridized carbons (Fsp3) is 0.267. The van der Waals surface area contributed by atoms with Gasteiger partial charge in [-0.3, -0.25) is 9.52 Å². The summed E-state index contributed by atoms with van der Waals surface area (Å²) in [5.41, 5.74) is 0.924. The molecule has 1 aromatic carbocycles. The minimum atomic E-state index is -3.56. The highest BCUT2D eigenvalue weighted by Gasteiger charge is 2.15. The quantitative estimate of drug-likeness (QED) is 0.850. The lowest BCUT2D eigenvalue weighted by atomic mass is 10.1. The fourth-order valence-corrected chi connectivity index (χ4v) is 3.77. The fourth-order valence-electron chi connectivity index (χ4n) is 1.72. The Morgan fingerprint density at radius 3 is 2.45 bits per heavy atom. The first kappa shape index (κ1) is 16.5. The third-order valence-corrected chi connectivity index (χ3v) is 5.93. The summed E-state index contributed by atoms with van der Waals surface area (Å²) in [7, 11) is -3.56. The lowest BCUT2D eigenvalue weighted by molar-refractivity contribution is 0.0939. The molecule has 2 rings (SSSR count). The van der Waals surface area contributed by atoms with E-state index < -0.39 is 10.0 Å². The number of nitrogens with one attached hydrogen (secondary N) is 2. The van der Waals surface area contributed by atoms with Gasteiger partial charge in [-0.25, -0.2) is 8.42 Å². The molecule has 1 amide bonds. The van der Waals surface area contributed by atoms with Crippen molar-refractivity contribution in [3.05, 3.63) is 47.3 Å². The third-order valence-electron chi connectivity index (χ3n) is 3.15. The molecule has 118 valence electrons. The van der Waals surface area contributed by atoms with Gasteiger partial charge in [-0.1, -0.05) is 13.0 Å². The van der Waals surface area contributed by atoms with E-state index in [-0.39, 0.29) is 16.2 Å². The molecule has 0 saturated heterocycles. The second kappa shape index (κ2) is 6.93. The molecule has 0 saturated carbocycles. The van der Waals surface area contributed by atoms with Crippen LogP contribution < -0.4 is 10.0 Å². The molecule has 0 aliphatic carbocycles. The van der Waals surface area contributed by atoms with Crippen LogP contribution >= 0.6 is 11.3 Å². The predicted molar refractivity (Wildman–Crippen MR) is 88.8 cm³/mol. The van der Waals surface area contributed by atoms with E-state index in [1.54, 1.807) is 41.8 Å². The topological polar surface area (TPSA) is 75.3 Å².